The summed E-state index contributed by atoms with van der Waals surface area (Å²) in [6.45, 7) is 0.243. The van der Waals surface area contributed by atoms with Gasteiger partial charge < -0.3 is 15.0 Å². The summed E-state index contributed by atoms with van der Waals surface area (Å²) in [6.07, 6.45) is 5.40. The van der Waals surface area contributed by atoms with Crippen molar-refractivity contribution in [3.05, 3.63) is 87.9 Å². The predicted octanol–water partition coefficient (Wildman–Crippen LogP) is 5.66. The molecule has 1 saturated carbocycles. The molecule has 184 valence electrons. The summed E-state index contributed by atoms with van der Waals surface area (Å²) >= 11 is 1.53. The van der Waals surface area contributed by atoms with E-state index in [-0.39, 0.29) is 36.6 Å². The van der Waals surface area contributed by atoms with E-state index in [1.54, 1.807) is 24.1 Å². The molecule has 1 unspecified atom stereocenters. The summed E-state index contributed by atoms with van der Waals surface area (Å²) in [5.41, 5.74) is 2.37. The van der Waals surface area contributed by atoms with E-state index in [2.05, 4.69) is 5.32 Å². The molecule has 1 fully saturated rings. The number of thiophene rings is 1. The first-order valence-corrected chi connectivity index (χ1v) is 13.0. The van der Waals surface area contributed by atoms with Gasteiger partial charge in [0.25, 0.3) is 0 Å². The van der Waals surface area contributed by atoms with E-state index in [9.17, 15) is 14.0 Å². The minimum absolute atomic E-state index is 0.0917. The number of hydrogen-bond donors (Lipinski definition) is 1. The summed E-state index contributed by atoms with van der Waals surface area (Å²) < 4.78 is 19.0. The van der Waals surface area contributed by atoms with Gasteiger partial charge in [-0.1, -0.05) is 43.5 Å². The predicted molar refractivity (Wildman–Crippen MR) is 136 cm³/mol. The molecule has 2 aromatic carbocycles. The van der Waals surface area contributed by atoms with Crippen LogP contribution in [0.15, 0.2) is 65.4 Å². The molecule has 0 spiro atoms. The second-order valence-corrected chi connectivity index (χ2v) is 9.76. The zero-order valence-electron chi connectivity index (χ0n) is 19.9. The third kappa shape index (κ3) is 6.69. The molecule has 0 bridgehead atoms. The van der Waals surface area contributed by atoms with Gasteiger partial charge in [-0.25, -0.2) is 4.39 Å². The van der Waals surface area contributed by atoms with Crippen molar-refractivity contribution < 1.29 is 18.7 Å². The Bertz CT molecular complexity index is 1090. The highest BCUT2D eigenvalue weighted by Gasteiger charge is 2.33. The Morgan fingerprint density at radius 3 is 2.37 bits per heavy atom. The van der Waals surface area contributed by atoms with Gasteiger partial charge in [-0.3, -0.25) is 9.59 Å². The monoisotopic (exact) mass is 494 g/mol. The van der Waals surface area contributed by atoms with Gasteiger partial charge in [-0.2, -0.15) is 11.3 Å². The lowest BCUT2D eigenvalue weighted by Gasteiger charge is -2.33. The van der Waals surface area contributed by atoms with Crippen LogP contribution in [-0.2, 0) is 22.6 Å². The number of benzene rings is 2. The smallest absolute Gasteiger partial charge is 0.247 e. The maximum atomic E-state index is 13.8. The van der Waals surface area contributed by atoms with E-state index in [1.807, 2.05) is 41.1 Å². The Balaban J connectivity index is 1.68. The number of methoxy groups -OCH3 is 1. The molecule has 5 nitrogen and oxygen atoms in total. The van der Waals surface area contributed by atoms with Crippen molar-refractivity contribution in [3.63, 3.8) is 0 Å². The number of carbonyl (C=O) groups is 2. The van der Waals surface area contributed by atoms with Gasteiger partial charge >= 0.3 is 0 Å². The van der Waals surface area contributed by atoms with E-state index in [1.165, 1.54) is 29.9 Å². The lowest BCUT2D eigenvalue weighted by Crippen LogP contribution is -2.47. The van der Waals surface area contributed by atoms with Crippen LogP contribution in [0.5, 0.6) is 5.75 Å². The quantitative estimate of drug-likeness (QED) is 0.418. The molecule has 3 aromatic rings. The fraction of sp³-hybridized carbons (Fsp3) is 0.357. The van der Waals surface area contributed by atoms with Gasteiger partial charge in [-0.05, 0) is 70.6 Å². The van der Waals surface area contributed by atoms with Gasteiger partial charge in [0.1, 0.15) is 17.6 Å². The molecule has 1 aromatic heterocycles. The van der Waals surface area contributed by atoms with Crippen LogP contribution < -0.4 is 10.1 Å². The molecule has 1 aliphatic carbocycles. The van der Waals surface area contributed by atoms with E-state index in [0.29, 0.717) is 5.56 Å². The minimum Gasteiger partial charge on any atom is -0.497 e. The van der Waals surface area contributed by atoms with Crippen LogP contribution in [0.2, 0.25) is 0 Å². The van der Waals surface area contributed by atoms with E-state index in [0.717, 1.165) is 42.6 Å². The molecule has 1 N–H and O–H groups in total. The summed E-state index contributed by atoms with van der Waals surface area (Å²) in [7, 11) is 1.60. The number of amides is 2. The van der Waals surface area contributed by atoms with Crippen molar-refractivity contribution in [1.29, 1.82) is 0 Å². The summed E-state index contributed by atoms with van der Waals surface area (Å²) in [5, 5.41) is 7.06. The molecule has 0 aliphatic heterocycles. The van der Waals surface area contributed by atoms with Crippen LogP contribution in [0.4, 0.5) is 4.39 Å². The molecule has 1 aliphatic rings. The van der Waals surface area contributed by atoms with Gasteiger partial charge in [0.2, 0.25) is 11.8 Å². The third-order valence-electron chi connectivity index (χ3n) is 6.47. The molecular weight excluding hydrogens is 463 g/mol. The normalized spacial score (nSPS) is 14.8. The topological polar surface area (TPSA) is 58.6 Å². The largest absolute Gasteiger partial charge is 0.497 e. The summed E-state index contributed by atoms with van der Waals surface area (Å²) in [6, 6.07) is 14.5. The van der Waals surface area contributed by atoms with Gasteiger partial charge in [0, 0.05) is 12.6 Å². The van der Waals surface area contributed by atoms with Crippen LogP contribution in [0.1, 0.15) is 54.8 Å². The first-order chi connectivity index (χ1) is 17.0. The van der Waals surface area contributed by atoms with Crippen molar-refractivity contribution in [1.82, 2.24) is 10.2 Å². The minimum atomic E-state index is -0.870. The van der Waals surface area contributed by atoms with Crippen molar-refractivity contribution in [2.45, 2.75) is 57.2 Å². The standard InChI is InChI=1S/C28H31FN2O3S/c1-34-25-13-7-20(8-14-25)18-31(26(32)17-21-15-16-35-19-21)27(22-9-11-23(29)12-10-22)28(33)30-24-5-3-2-4-6-24/h7-16,19,24,27H,2-6,17-18H2,1H3,(H,30,33). The molecule has 35 heavy (non-hydrogen) atoms. The highest BCUT2D eigenvalue weighted by atomic mass is 32.1. The molecule has 1 atom stereocenters. The molecule has 7 heteroatoms. The Hall–Kier alpha value is -3.19. The first-order valence-electron chi connectivity index (χ1n) is 12.0. The fourth-order valence-corrected chi connectivity index (χ4v) is 5.23. The SMILES string of the molecule is COc1ccc(CN(C(=O)Cc2ccsc2)C(C(=O)NC2CCCCC2)c2ccc(F)cc2)cc1. The zero-order chi connectivity index (χ0) is 24.6. The zero-order valence-corrected chi connectivity index (χ0v) is 20.7. The average Bonchev–Trinajstić information content (AvgIpc) is 3.39. The number of rotatable bonds is 9. The number of nitrogens with one attached hydrogen (secondary N) is 1. The molecule has 2 amide bonds. The maximum absolute atomic E-state index is 13.8. The number of carbonyl (C=O) groups excluding carboxylic acids is 2. The number of hydrogen-bond acceptors (Lipinski definition) is 4. The van der Waals surface area contributed by atoms with E-state index < -0.39 is 6.04 Å². The van der Waals surface area contributed by atoms with Crippen molar-refractivity contribution in [2.24, 2.45) is 0 Å². The molecular formula is C28H31FN2O3S. The van der Waals surface area contributed by atoms with Gasteiger partial charge in [0.15, 0.2) is 0 Å². The van der Waals surface area contributed by atoms with E-state index >= 15 is 0 Å². The summed E-state index contributed by atoms with van der Waals surface area (Å²) in [4.78, 5) is 29.0. The van der Waals surface area contributed by atoms with Crippen LogP contribution in [0.25, 0.3) is 0 Å². The van der Waals surface area contributed by atoms with Crippen molar-refractivity contribution in [2.75, 3.05) is 7.11 Å². The van der Waals surface area contributed by atoms with Gasteiger partial charge in [-0.15, -0.1) is 0 Å². The Labute approximate surface area is 209 Å². The Morgan fingerprint density at radius 2 is 1.74 bits per heavy atom. The Morgan fingerprint density at radius 1 is 1.03 bits per heavy atom. The molecule has 1 heterocycles. The van der Waals surface area contributed by atoms with Crippen LogP contribution in [0.3, 0.4) is 0 Å². The van der Waals surface area contributed by atoms with Crippen LogP contribution in [0, 0.1) is 5.82 Å². The maximum Gasteiger partial charge on any atom is 0.247 e. The number of halogens is 1. The average molecular weight is 495 g/mol. The van der Waals surface area contributed by atoms with E-state index in [4.69, 9.17) is 4.74 Å². The lowest BCUT2D eigenvalue weighted by atomic mass is 9.94. The molecule has 0 saturated heterocycles. The van der Waals surface area contributed by atoms with Crippen LogP contribution >= 0.6 is 11.3 Å². The molecule has 0 radical (unpaired) electrons. The lowest BCUT2D eigenvalue weighted by molar-refractivity contribution is -0.141. The fourth-order valence-electron chi connectivity index (χ4n) is 4.57. The Kier molecular flexibility index (Phi) is 8.53. The number of nitrogens with zero attached hydrogens (tertiary/aromatic N) is 1. The highest BCUT2D eigenvalue weighted by molar-refractivity contribution is 7.08. The summed E-state index contributed by atoms with van der Waals surface area (Å²) in [5.74, 6) is -0.0513. The second-order valence-electron chi connectivity index (χ2n) is 8.98. The number of ether oxygens (including phenoxy) is 1. The second kappa shape index (κ2) is 12.0. The molecule has 4 rings (SSSR count). The third-order valence-corrected chi connectivity index (χ3v) is 7.20. The van der Waals surface area contributed by atoms with Crippen molar-refractivity contribution >= 4 is 23.2 Å². The first kappa shape index (κ1) is 24.9. The van der Waals surface area contributed by atoms with Crippen molar-refractivity contribution in [3.8, 4) is 5.75 Å². The van der Waals surface area contributed by atoms with Crippen LogP contribution in [-0.4, -0.2) is 29.9 Å². The van der Waals surface area contributed by atoms with Gasteiger partial charge in [0.05, 0.1) is 13.5 Å². The highest BCUT2D eigenvalue weighted by Crippen LogP contribution is 2.27.